The van der Waals surface area contributed by atoms with Gasteiger partial charge in [0, 0.05) is 0 Å². The molecule has 126 valence electrons. The largest absolute Gasteiger partial charge is 0.461 e. The van der Waals surface area contributed by atoms with E-state index >= 15 is 0 Å². The Bertz CT molecular complexity index is 509. The van der Waals surface area contributed by atoms with Crippen molar-refractivity contribution in [3.05, 3.63) is 35.9 Å². The summed E-state index contributed by atoms with van der Waals surface area (Å²) in [6, 6.07) is 8.68. The van der Waals surface area contributed by atoms with Gasteiger partial charge in [0.2, 0.25) is 0 Å². The maximum Gasteiger partial charge on any atom is 0.408 e. The van der Waals surface area contributed by atoms with Crippen LogP contribution in [0.15, 0.2) is 30.3 Å². The van der Waals surface area contributed by atoms with Gasteiger partial charge in [-0.15, -0.1) is 0 Å². The van der Waals surface area contributed by atoms with Crippen molar-refractivity contribution in [2.24, 2.45) is 5.92 Å². The molecule has 0 saturated heterocycles. The fourth-order valence-electron chi connectivity index (χ4n) is 2.61. The third-order valence-electron chi connectivity index (χ3n) is 4.15. The Kier molecular flexibility index (Phi) is 6.44. The van der Waals surface area contributed by atoms with Gasteiger partial charge in [-0.25, -0.2) is 9.59 Å². The predicted molar refractivity (Wildman–Crippen MR) is 86.7 cm³/mol. The minimum atomic E-state index is -0.711. The summed E-state index contributed by atoms with van der Waals surface area (Å²) in [6.07, 6.45) is 3.33. The Morgan fingerprint density at radius 1 is 1.17 bits per heavy atom. The molecular formula is C18H25NO4. The fourth-order valence-corrected chi connectivity index (χ4v) is 2.61. The molecule has 1 amide bonds. The van der Waals surface area contributed by atoms with Gasteiger partial charge in [-0.1, -0.05) is 37.3 Å². The number of alkyl carbamates (subject to hydrolysis) is 1. The second kappa shape index (κ2) is 8.56. The average molecular weight is 319 g/mol. The van der Waals surface area contributed by atoms with Crippen LogP contribution in [0.25, 0.3) is 0 Å². The van der Waals surface area contributed by atoms with Gasteiger partial charge in [0.05, 0.1) is 0 Å². The number of esters is 1. The smallest absolute Gasteiger partial charge is 0.408 e. The number of hydrogen-bond donors (Lipinski definition) is 1. The van der Waals surface area contributed by atoms with E-state index in [-0.39, 0.29) is 12.7 Å². The summed E-state index contributed by atoms with van der Waals surface area (Å²) in [5, 5.41) is 2.51. The van der Waals surface area contributed by atoms with E-state index in [0.717, 1.165) is 31.2 Å². The summed E-state index contributed by atoms with van der Waals surface area (Å²) < 4.78 is 10.6. The summed E-state index contributed by atoms with van der Waals surface area (Å²) in [7, 11) is 0. The van der Waals surface area contributed by atoms with E-state index in [1.807, 2.05) is 30.3 Å². The van der Waals surface area contributed by atoms with Crippen LogP contribution in [0.1, 0.15) is 45.1 Å². The molecule has 1 aromatic carbocycles. The highest BCUT2D eigenvalue weighted by atomic mass is 16.6. The predicted octanol–water partition coefficient (Wildman–Crippen LogP) is 3.42. The van der Waals surface area contributed by atoms with Crippen LogP contribution in [0.4, 0.5) is 4.79 Å². The first-order valence-corrected chi connectivity index (χ1v) is 8.22. The third-order valence-corrected chi connectivity index (χ3v) is 4.15. The SMILES string of the molecule is C[C@H](NC(=O)OCc1ccccc1)C(=O)O[C@H]1CC[C@H](C)CC1. The van der Waals surface area contributed by atoms with Crippen LogP contribution in [-0.2, 0) is 20.9 Å². The normalized spacial score (nSPS) is 22.0. The number of rotatable bonds is 5. The minimum Gasteiger partial charge on any atom is -0.461 e. The van der Waals surface area contributed by atoms with Crippen LogP contribution in [0.5, 0.6) is 0 Å². The van der Waals surface area contributed by atoms with Crippen molar-refractivity contribution in [1.82, 2.24) is 5.32 Å². The van der Waals surface area contributed by atoms with Gasteiger partial charge in [0.25, 0.3) is 0 Å². The highest BCUT2D eigenvalue weighted by Crippen LogP contribution is 2.25. The zero-order valence-electron chi connectivity index (χ0n) is 13.8. The standard InChI is InChI=1S/C18H25NO4/c1-13-8-10-16(11-9-13)23-17(20)14(2)19-18(21)22-12-15-6-4-3-5-7-15/h3-7,13-14,16H,8-12H2,1-2H3,(H,19,21)/t13-,14-,16-/m0/s1. The molecule has 1 aromatic rings. The van der Waals surface area contributed by atoms with Crippen molar-refractivity contribution >= 4 is 12.1 Å². The van der Waals surface area contributed by atoms with Crippen molar-refractivity contribution in [2.75, 3.05) is 0 Å². The van der Waals surface area contributed by atoms with Crippen molar-refractivity contribution in [3.8, 4) is 0 Å². The van der Waals surface area contributed by atoms with E-state index in [1.54, 1.807) is 6.92 Å². The number of carbonyl (C=O) groups excluding carboxylic acids is 2. The Labute approximate surface area is 137 Å². The monoisotopic (exact) mass is 319 g/mol. The molecule has 0 radical (unpaired) electrons. The molecule has 5 heteroatoms. The first-order chi connectivity index (χ1) is 11.0. The van der Waals surface area contributed by atoms with Crippen molar-refractivity contribution in [2.45, 2.75) is 58.3 Å². The van der Waals surface area contributed by atoms with E-state index < -0.39 is 18.1 Å². The lowest BCUT2D eigenvalue weighted by molar-refractivity contribution is -0.152. The molecule has 5 nitrogen and oxygen atoms in total. The van der Waals surface area contributed by atoms with Crippen LogP contribution in [0.3, 0.4) is 0 Å². The Balaban J connectivity index is 1.69. The van der Waals surface area contributed by atoms with E-state index in [4.69, 9.17) is 9.47 Å². The average Bonchev–Trinajstić information content (AvgIpc) is 2.56. The lowest BCUT2D eigenvalue weighted by atomic mass is 9.89. The number of nitrogens with one attached hydrogen (secondary N) is 1. The first kappa shape index (κ1) is 17.3. The molecule has 1 aliphatic rings. The Morgan fingerprint density at radius 3 is 2.48 bits per heavy atom. The zero-order valence-corrected chi connectivity index (χ0v) is 13.8. The zero-order chi connectivity index (χ0) is 16.7. The van der Waals surface area contributed by atoms with Crippen LogP contribution >= 0.6 is 0 Å². The number of carbonyl (C=O) groups is 2. The maximum absolute atomic E-state index is 12.0. The van der Waals surface area contributed by atoms with E-state index in [2.05, 4.69) is 12.2 Å². The first-order valence-electron chi connectivity index (χ1n) is 8.22. The molecule has 1 aliphatic carbocycles. The van der Waals surface area contributed by atoms with Gasteiger partial charge >= 0.3 is 12.1 Å². The van der Waals surface area contributed by atoms with Crippen LogP contribution in [0, 0.1) is 5.92 Å². The van der Waals surface area contributed by atoms with E-state index in [1.165, 1.54) is 0 Å². The number of amides is 1. The van der Waals surface area contributed by atoms with E-state index in [0.29, 0.717) is 5.92 Å². The van der Waals surface area contributed by atoms with E-state index in [9.17, 15) is 9.59 Å². The Morgan fingerprint density at radius 2 is 1.83 bits per heavy atom. The maximum atomic E-state index is 12.0. The van der Waals surface area contributed by atoms with Gasteiger partial charge in [0.1, 0.15) is 18.8 Å². The molecule has 0 heterocycles. The number of ether oxygens (including phenoxy) is 2. The molecule has 0 bridgehead atoms. The molecule has 1 atom stereocenters. The number of hydrogen-bond acceptors (Lipinski definition) is 4. The molecule has 0 aromatic heterocycles. The van der Waals surface area contributed by atoms with Gasteiger partial charge < -0.3 is 14.8 Å². The van der Waals surface area contributed by atoms with Crippen molar-refractivity contribution in [3.63, 3.8) is 0 Å². The van der Waals surface area contributed by atoms with Crippen molar-refractivity contribution < 1.29 is 19.1 Å². The lowest BCUT2D eigenvalue weighted by Crippen LogP contribution is -2.41. The molecule has 0 spiro atoms. The summed E-state index contributed by atoms with van der Waals surface area (Å²) in [6.45, 7) is 4.00. The molecule has 2 rings (SSSR count). The molecular weight excluding hydrogens is 294 g/mol. The van der Waals surface area contributed by atoms with Crippen LogP contribution in [0.2, 0.25) is 0 Å². The summed E-state index contributed by atoms with van der Waals surface area (Å²) in [5.41, 5.74) is 0.897. The molecule has 1 N–H and O–H groups in total. The second-order valence-corrected chi connectivity index (χ2v) is 6.25. The topological polar surface area (TPSA) is 64.6 Å². The molecule has 23 heavy (non-hydrogen) atoms. The number of benzene rings is 1. The van der Waals surface area contributed by atoms with Crippen LogP contribution in [-0.4, -0.2) is 24.2 Å². The summed E-state index contributed by atoms with van der Waals surface area (Å²) in [4.78, 5) is 23.7. The third kappa shape index (κ3) is 5.93. The van der Waals surface area contributed by atoms with Gasteiger partial charge in [-0.05, 0) is 44.1 Å². The summed E-state index contributed by atoms with van der Waals surface area (Å²) in [5.74, 6) is 0.301. The van der Waals surface area contributed by atoms with Gasteiger partial charge in [0.15, 0.2) is 0 Å². The molecule has 0 aliphatic heterocycles. The van der Waals surface area contributed by atoms with Gasteiger partial charge in [-0.2, -0.15) is 0 Å². The Hall–Kier alpha value is -2.04. The summed E-state index contributed by atoms with van der Waals surface area (Å²) >= 11 is 0. The fraction of sp³-hybridized carbons (Fsp3) is 0.556. The molecule has 0 unspecified atom stereocenters. The quantitative estimate of drug-likeness (QED) is 0.845. The van der Waals surface area contributed by atoms with Gasteiger partial charge in [-0.3, -0.25) is 0 Å². The second-order valence-electron chi connectivity index (χ2n) is 6.25. The van der Waals surface area contributed by atoms with Crippen LogP contribution < -0.4 is 5.32 Å². The van der Waals surface area contributed by atoms with Crippen molar-refractivity contribution in [1.29, 1.82) is 0 Å². The lowest BCUT2D eigenvalue weighted by Gasteiger charge is -2.27. The minimum absolute atomic E-state index is 0.0247. The molecule has 1 fully saturated rings. The molecule has 1 saturated carbocycles. The highest BCUT2D eigenvalue weighted by Gasteiger charge is 2.25. The highest BCUT2D eigenvalue weighted by molar-refractivity contribution is 5.81.